The highest BCUT2D eigenvalue weighted by Gasteiger charge is 2.02. The van der Waals surface area contributed by atoms with Gasteiger partial charge in [0.25, 0.3) is 0 Å². The molecule has 0 aliphatic heterocycles. The fourth-order valence-electron chi connectivity index (χ4n) is 2.19. The quantitative estimate of drug-likeness (QED) is 0.743. The maximum Gasteiger partial charge on any atom is 0.0640 e. The fraction of sp³-hybridized carbons (Fsp3) is 0.200. The van der Waals surface area contributed by atoms with Crippen molar-refractivity contribution >= 4 is 16.5 Å². The van der Waals surface area contributed by atoms with Crippen LogP contribution in [0.3, 0.4) is 0 Å². The highest BCUT2D eigenvalue weighted by atomic mass is 16.3. The number of aliphatic hydroxyl groups is 1. The van der Waals surface area contributed by atoms with Crippen LogP contribution in [0.5, 0.6) is 0 Å². The second-order valence-electron chi connectivity index (χ2n) is 4.59. The van der Waals surface area contributed by atoms with E-state index in [1.807, 2.05) is 36.8 Å². The second kappa shape index (κ2) is 5.71. The van der Waals surface area contributed by atoms with E-state index in [0.29, 0.717) is 13.1 Å². The van der Waals surface area contributed by atoms with Gasteiger partial charge in [0, 0.05) is 41.8 Å². The number of benzene rings is 1. The molecule has 0 fully saturated rings. The predicted octanol–water partition coefficient (Wildman–Crippen LogP) is 2.04. The van der Waals surface area contributed by atoms with Gasteiger partial charge in [-0.3, -0.25) is 9.67 Å². The number of aromatic nitrogens is 3. The Morgan fingerprint density at radius 2 is 2.15 bits per heavy atom. The molecule has 0 radical (unpaired) electrons. The highest BCUT2D eigenvalue weighted by Crippen LogP contribution is 2.22. The number of anilines is 1. The number of aliphatic hydroxyl groups excluding tert-OH is 1. The minimum Gasteiger partial charge on any atom is -0.394 e. The summed E-state index contributed by atoms with van der Waals surface area (Å²) in [5, 5.41) is 18.7. The third-order valence-electron chi connectivity index (χ3n) is 3.18. The number of rotatable bonds is 5. The van der Waals surface area contributed by atoms with Crippen LogP contribution in [0, 0.1) is 0 Å². The molecule has 1 aromatic carbocycles. The van der Waals surface area contributed by atoms with Crippen molar-refractivity contribution in [3.05, 3.63) is 54.6 Å². The Labute approximate surface area is 116 Å². The lowest BCUT2D eigenvalue weighted by molar-refractivity contribution is 0.269. The number of hydrogen-bond donors (Lipinski definition) is 2. The highest BCUT2D eigenvalue weighted by molar-refractivity contribution is 5.92. The van der Waals surface area contributed by atoms with Gasteiger partial charge in [0.2, 0.25) is 0 Å². The molecule has 102 valence electrons. The fourth-order valence-corrected chi connectivity index (χ4v) is 2.19. The van der Waals surface area contributed by atoms with Crippen LogP contribution in [0.2, 0.25) is 0 Å². The van der Waals surface area contributed by atoms with Crippen molar-refractivity contribution in [2.24, 2.45) is 0 Å². The average Bonchev–Trinajstić information content (AvgIpc) is 2.93. The Balaban J connectivity index is 1.76. The summed E-state index contributed by atoms with van der Waals surface area (Å²) < 4.78 is 1.74. The molecule has 0 spiro atoms. The van der Waals surface area contributed by atoms with Crippen molar-refractivity contribution in [3.8, 4) is 0 Å². The Morgan fingerprint density at radius 1 is 1.20 bits per heavy atom. The van der Waals surface area contributed by atoms with Crippen molar-refractivity contribution in [3.63, 3.8) is 0 Å². The molecule has 0 unspecified atom stereocenters. The minimum absolute atomic E-state index is 0.101. The molecule has 0 saturated heterocycles. The van der Waals surface area contributed by atoms with E-state index in [0.717, 1.165) is 16.6 Å². The van der Waals surface area contributed by atoms with E-state index >= 15 is 0 Å². The summed E-state index contributed by atoms with van der Waals surface area (Å²) in [5.41, 5.74) is 2.14. The first-order valence-corrected chi connectivity index (χ1v) is 6.55. The molecule has 3 rings (SSSR count). The minimum atomic E-state index is 0.101. The van der Waals surface area contributed by atoms with Crippen LogP contribution in [0.15, 0.2) is 49.1 Å². The van der Waals surface area contributed by atoms with Crippen molar-refractivity contribution in [2.45, 2.75) is 13.1 Å². The van der Waals surface area contributed by atoms with Gasteiger partial charge in [-0.05, 0) is 17.5 Å². The van der Waals surface area contributed by atoms with Crippen molar-refractivity contribution < 1.29 is 5.11 Å². The number of nitrogens with one attached hydrogen (secondary N) is 1. The van der Waals surface area contributed by atoms with Crippen molar-refractivity contribution in [2.75, 3.05) is 11.9 Å². The molecule has 0 aliphatic carbocycles. The van der Waals surface area contributed by atoms with E-state index in [1.165, 1.54) is 5.39 Å². The monoisotopic (exact) mass is 268 g/mol. The summed E-state index contributed by atoms with van der Waals surface area (Å²) in [6.07, 6.45) is 7.41. The average molecular weight is 268 g/mol. The Bertz CT molecular complexity index is 702. The molecule has 0 amide bonds. The Morgan fingerprint density at radius 3 is 3.05 bits per heavy atom. The molecule has 2 heterocycles. The zero-order valence-corrected chi connectivity index (χ0v) is 11.0. The molecule has 5 nitrogen and oxygen atoms in total. The van der Waals surface area contributed by atoms with Crippen LogP contribution in [0.1, 0.15) is 5.56 Å². The SMILES string of the molecule is OCCn1cc(CNc2cccc3ccncc23)cn1. The molecule has 0 aliphatic rings. The molecular weight excluding hydrogens is 252 g/mol. The third kappa shape index (κ3) is 2.62. The third-order valence-corrected chi connectivity index (χ3v) is 3.18. The van der Waals surface area contributed by atoms with Gasteiger partial charge in [0.1, 0.15) is 0 Å². The zero-order valence-electron chi connectivity index (χ0n) is 11.0. The molecule has 5 heteroatoms. The van der Waals surface area contributed by atoms with Crippen LogP contribution in [-0.4, -0.2) is 26.5 Å². The van der Waals surface area contributed by atoms with E-state index in [1.54, 1.807) is 10.9 Å². The first-order valence-electron chi connectivity index (χ1n) is 6.55. The summed E-state index contributed by atoms with van der Waals surface area (Å²) in [5.74, 6) is 0. The van der Waals surface area contributed by atoms with Gasteiger partial charge < -0.3 is 10.4 Å². The van der Waals surface area contributed by atoms with E-state index in [2.05, 4.69) is 21.5 Å². The standard InChI is InChI=1S/C15H16N4O/c20-7-6-19-11-12(9-18-19)8-17-15-3-1-2-13-4-5-16-10-14(13)15/h1-5,9-11,17,20H,6-8H2. The molecule has 2 aromatic heterocycles. The Kier molecular flexibility index (Phi) is 3.60. The Hall–Kier alpha value is -2.40. The van der Waals surface area contributed by atoms with E-state index in [-0.39, 0.29) is 6.61 Å². The van der Waals surface area contributed by atoms with Gasteiger partial charge in [-0.25, -0.2) is 0 Å². The normalized spacial score (nSPS) is 10.8. The lowest BCUT2D eigenvalue weighted by atomic mass is 10.1. The molecule has 0 saturated carbocycles. The van der Waals surface area contributed by atoms with Crippen LogP contribution >= 0.6 is 0 Å². The van der Waals surface area contributed by atoms with Gasteiger partial charge in [0.05, 0.1) is 19.3 Å². The maximum absolute atomic E-state index is 8.87. The van der Waals surface area contributed by atoms with Crippen LogP contribution in [0.4, 0.5) is 5.69 Å². The van der Waals surface area contributed by atoms with E-state index < -0.39 is 0 Å². The first kappa shape index (κ1) is 12.6. The number of hydrogen-bond acceptors (Lipinski definition) is 4. The predicted molar refractivity (Wildman–Crippen MR) is 78.4 cm³/mol. The molecule has 0 atom stereocenters. The summed E-state index contributed by atoms with van der Waals surface area (Å²) in [4.78, 5) is 4.17. The summed E-state index contributed by atoms with van der Waals surface area (Å²) in [6, 6.07) is 8.14. The van der Waals surface area contributed by atoms with Gasteiger partial charge in [-0.15, -0.1) is 0 Å². The van der Waals surface area contributed by atoms with Gasteiger partial charge in [-0.1, -0.05) is 12.1 Å². The van der Waals surface area contributed by atoms with Gasteiger partial charge in [0.15, 0.2) is 0 Å². The second-order valence-corrected chi connectivity index (χ2v) is 4.59. The largest absolute Gasteiger partial charge is 0.394 e. The summed E-state index contributed by atoms with van der Waals surface area (Å²) in [6.45, 7) is 1.32. The molecule has 3 aromatic rings. The smallest absolute Gasteiger partial charge is 0.0640 e. The lowest BCUT2D eigenvalue weighted by Gasteiger charge is -2.08. The van der Waals surface area contributed by atoms with E-state index in [9.17, 15) is 0 Å². The molecular formula is C15H16N4O. The number of nitrogens with zero attached hydrogens (tertiary/aromatic N) is 3. The van der Waals surface area contributed by atoms with E-state index in [4.69, 9.17) is 5.11 Å². The number of pyridine rings is 1. The van der Waals surface area contributed by atoms with Gasteiger partial charge >= 0.3 is 0 Å². The van der Waals surface area contributed by atoms with Crippen LogP contribution < -0.4 is 5.32 Å². The molecule has 0 bridgehead atoms. The van der Waals surface area contributed by atoms with Crippen LogP contribution in [0.25, 0.3) is 10.8 Å². The van der Waals surface area contributed by atoms with Crippen molar-refractivity contribution in [1.29, 1.82) is 0 Å². The van der Waals surface area contributed by atoms with Crippen LogP contribution in [-0.2, 0) is 13.1 Å². The topological polar surface area (TPSA) is 63.0 Å². The van der Waals surface area contributed by atoms with Gasteiger partial charge in [-0.2, -0.15) is 5.10 Å². The summed E-state index contributed by atoms with van der Waals surface area (Å²) in [7, 11) is 0. The molecule has 2 N–H and O–H groups in total. The maximum atomic E-state index is 8.87. The zero-order chi connectivity index (χ0) is 13.8. The first-order chi connectivity index (χ1) is 9.86. The van der Waals surface area contributed by atoms with Crippen molar-refractivity contribution in [1.82, 2.24) is 14.8 Å². The lowest BCUT2D eigenvalue weighted by Crippen LogP contribution is -2.02. The molecule has 20 heavy (non-hydrogen) atoms. The summed E-state index contributed by atoms with van der Waals surface area (Å²) >= 11 is 0. The number of fused-ring (bicyclic) bond motifs is 1.